The van der Waals surface area contributed by atoms with Crippen LogP contribution in [0.15, 0.2) is 48.5 Å². The molecule has 0 spiro atoms. The largest absolute Gasteiger partial charge is 0.573 e. The second kappa shape index (κ2) is 27.6. The summed E-state index contributed by atoms with van der Waals surface area (Å²) in [7, 11) is 4.33. The number of amides is 4. The highest BCUT2D eigenvalue weighted by Gasteiger charge is 2.45. The predicted octanol–water partition coefficient (Wildman–Crippen LogP) is 7.65. The third-order valence-corrected chi connectivity index (χ3v) is 12.6. The molecule has 18 nitrogen and oxygen atoms in total. The highest BCUT2D eigenvalue weighted by atomic mass is 19.4. The van der Waals surface area contributed by atoms with Gasteiger partial charge in [-0.1, -0.05) is 52.0 Å². The van der Waals surface area contributed by atoms with Crippen molar-refractivity contribution in [3.63, 3.8) is 0 Å². The first-order valence-corrected chi connectivity index (χ1v) is 25.5. The maximum Gasteiger partial charge on any atom is 0.573 e. The van der Waals surface area contributed by atoms with Gasteiger partial charge >= 0.3 is 36.6 Å². The molecule has 2 aromatic carbocycles. The molecule has 1 heterocycles. The number of halogens is 8. The zero-order valence-electron chi connectivity index (χ0n) is 47.2. The zero-order chi connectivity index (χ0) is 61.2. The first kappa shape index (κ1) is 67.5. The standard InChI is InChI=1S/C54H72F8N4O14/c1-29(2)23-37-47(71)75-31(5)43(67)65(13)40(28-52(9,10)56)50(74)78-42(26-34-17-21-36(22-18-34)80-54(60,61)62)46(70)64(12)38(24-30(3)4)48(72)76-32(6)44(68)66(14)39(27-51(7,8)55)49(73)77-41(45(69)63(37)11)25-33-15-19-35(20-16-33)79-53(57,58)59/h15-22,29-32,37-42H,23-28H2,1-14H3/t31-,32-,37-,38+,39+,40+,41-,42-/m1/s1. The number of alkyl halides is 8. The number of rotatable bonds is 14. The van der Waals surface area contributed by atoms with Gasteiger partial charge in [0, 0.05) is 53.9 Å². The Bertz CT molecular complexity index is 2310. The topological polar surface area (TPSA) is 205 Å². The number of benzene rings is 2. The molecule has 0 N–H and O–H groups in total. The molecule has 3 rings (SSSR count). The van der Waals surface area contributed by atoms with E-state index in [1.807, 2.05) is 0 Å². The van der Waals surface area contributed by atoms with Gasteiger partial charge in [0.25, 0.3) is 23.6 Å². The second-order valence-corrected chi connectivity index (χ2v) is 21.8. The summed E-state index contributed by atoms with van der Waals surface area (Å²) >= 11 is 0. The molecule has 1 fully saturated rings. The van der Waals surface area contributed by atoms with Crippen LogP contribution in [0.1, 0.15) is 106 Å². The number of ether oxygens (including phenoxy) is 6. The van der Waals surface area contributed by atoms with E-state index in [2.05, 4.69) is 9.47 Å². The number of esters is 4. The Labute approximate surface area is 459 Å². The number of nitrogens with zero attached hydrogens (tertiary/aromatic N) is 4. The van der Waals surface area contributed by atoms with Crippen LogP contribution in [0.2, 0.25) is 0 Å². The minimum Gasteiger partial charge on any atom is -0.451 e. The molecule has 0 bridgehead atoms. The average Bonchev–Trinajstić information content (AvgIpc) is 3.32. The lowest BCUT2D eigenvalue weighted by Gasteiger charge is -2.36. The summed E-state index contributed by atoms with van der Waals surface area (Å²) < 4.78 is 140. The van der Waals surface area contributed by atoms with Gasteiger partial charge in [0.05, 0.1) is 0 Å². The van der Waals surface area contributed by atoms with Gasteiger partial charge in [0.15, 0.2) is 24.4 Å². The Balaban J connectivity index is 2.32. The lowest BCUT2D eigenvalue weighted by atomic mass is 9.98. The molecule has 1 aliphatic rings. The first-order valence-electron chi connectivity index (χ1n) is 25.5. The molecule has 1 saturated heterocycles. The van der Waals surface area contributed by atoms with Crippen molar-refractivity contribution in [2.75, 3.05) is 28.2 Å². The quantitative estimate of drug-likeness (QED) is 0.101. The van der Waals surface area contributed by atoms with Crippen molar-refractivity contribution in [1.29, 1.82) is 0 Å². The Morgan fingerprint density at radius 1 is 0.438 bits per heavy atom. The van der Waals surface area contributed by atoms with Gasteiger partial charge in [-0.05, 0) is 102 Å². The minimum atomic E-state index is -5.07. The Kier molecular flexibility index (Phi) is 23.3. The van der Waals surface area contributed by atoms with Crippen molar-refractivity contribution in [3.05, 3.63) is 59.7 Å². The molecule has 80 heavy (non-hydrogen) atoms. The number of carbonyl (C=O) groups excluding carboxylic acids is 8. The summed E-state index contributed by atoms with van der Waals surface area (Å²) in [6.45, 7) is 13.1. The van der Waals surface area contributed by atoms with Gasteiger partial charge in [0.1, 0.15) is 47.0 Å². The smallest absolute Gasteiger partial charge is 0.451 e. The van der Waals surface area contributed by atoms with Crippen LogP contribution in [-0.2, 0) is 70.1 Å². The van der Waals surface area contributed by atoms with E-state index in [1.165, 1.54) is 0 Å². The molecule has 0 aromatic heterocycles. The predicted molar refractivity (Wildman–Crippen MR) is 269 cm³/mol. The Morgan fingerprint density at radius 3 is 0.950 bits per heavy atom. The average molecular weight is 1150 g/mol. The summed E-state index contributed by atoms with van der Waals surface area (Å²) in [6.07, 6.45) is -20.9. The number of likely N-dealkylation sites (N-methyl/N-ethyl adjacent to an activating group) is 4. The van der Waals surface area contributed by atoms with Crippen molar-refractivity contribution in [3.8, 4) is 11.5 Å². The molecular formula is C54H72F8N4O14. The van der Waals surface area contributed by atoms with E-state index in [9.17, 15) is 64.7 Å². The normalized spacial score (nSPS) is 23.9. The highest BCUT2D eigenvalue weighted by molar-refractivity contribution is 5.94. The Hall–Kier alpha value is -6.76. The summed E-state index contributed by atoms with van der Waals surface area (Å²) in [5.74, 6) is -11.9. The van der Waals surface area contributed by atoms with E-state index in [1.54, 1.807) is 27.7 Å². The summed E-state index contributed by atoms with van der Waals surface area (Å²) in [5, 5.41) is 0. The van der Waals surface area contributed by atoms with E-state index in [-0.39, 0.29) is 24.0 Å². The van der Waals surface area contributed by atoms with Crippen LogP contribution in [0.25, 0.3) is 0 Å². The van der Waals surface area contributed by atoms with Crippen LogP contribution in [0, 0.1) is 11.8 Å². The fourth-order valence-electron chi connectivity index (χ4n) is 8.52. The number of carbonyl (C=O) groups is 8. The number of hydrogen-bond donors (Lipinski definition) is 0. The molecule has 1 aliphatic heterocycles. The van der Waals surface area contributed by atoms with Crippen molar-refractivity contribution in [2.45, 2.75) is 180 Å². The third-order valence-electron chi connectivity index (χ3n) is 12.6. The van der Waals surface area contributed by atoms with E-state index in [0.717, 1.165) is 128 Å². The maximum atomic E-state index is 15.7. The molecule has 0 radical (unpaired) electrons. The minimum absolute atomic E-state index is 0.0775. The van der Waals surface area contributed by atoms with Crippen molar-refractivity contribution in [2.24, 2.45) is 11.8 Å². The molecule has 448 valence electrons. The maximum absolute atomic E-state index is 15.7. The SMILES string of the molecule is CC(C)C[C@@H]1C(=O)O[C@H](C)C(=O)N(C)[C@@H](CC(C)(C)F)C(=O)O[C@H](Cc2ccc(OC(F)(F)F)cc2)C(=O)N(C)[C@@H](CC(C)C)C(=O)O[C@H](C)C(=O)N(C)[C@@H](CC(C)(C)F)C(=O)O[C@H](Cc2ccc(OC(F)(F)F)cc2)C(=O)N1C. The van der Waals surface area contributed by atoms with Gasteiger partial charge in [-0.3, -0.25) is 19.2 Å². The van der Waals surface area contributed by atoms with Crippen molar-refractivity contribution >= 4 is 47.5 Å². The highest BCUT2D eigenvalue weighted by Crippen LogP contribution is 2.29. The van der Waals surface area contributed by atoms with Crippen molar-refractivity contribution in [1.82, 2.24) is 19.6 Å². The van der Waals surface area contributed by atoms with Gasteiger partial charge in [0.2, 0.25) is 0 Å². The lowest BCUT2D eigenvalue weighted by Crippen LogP contribution is -2.55. The molecule has 2 aromatic rings. The molecule has 4 amide bonds. The fraction of sp³-hybridized carbons (Fsp3) is 0.630. The van der Waals surface area contributed by atoms with Gasteiger partial charge in [-0.25, -0.2) is 28.0 Å². The van der Waals surface area contributed by atoms with Gasteiger partial charge in [-0.2, -0.15) is 0 Å². The second-order valence-electron chi connectivity index (χ2n) is 21.8. The first-order chi connectivity index (χ1) is 36.6. The van der Waals surface area contributed by atoms with Crippen molar-refractivity contribution < 1.29 is 102 Å². The fourth-order valence-corrected chi connectivity index (χ4v) is 8.52. The van der Waals surface area contributed by atoms with Crippen LogP contribution in [0.5, 0.6) is 11.5 Å². The van der Waals surface area contributed by atoms with Crippen LogP contribution < -0.4 is 9.47 Å². The van der Waals surface area contributed by atoms with E-state index >= 15 is 8.78 Å². The molecule has 26 heteroatoms. The number of cyclic esters (lactones) is 4. The van der Waals surface area contributed by atoms with E-state index in [4.69, 9.17) is 18.9 Å². The summed E-state index contributed by atoms with van der Waals surface area (Å²) in [6, 6.07) is 1.14. The van der Waals surface area contributed by atoms with E-state index < -0.39 is 169 Å². The summed E-state index contributed by atoms with van der Waals surface area (Å²) in [5.41, 5.74) is -4.36. The Morgan fingerprint density at radius 2 is 0.700 bits per heavy atom. The van der Waals surface area contributed by atoms with Crippen LogP contribution in [0.4, 0.5) is 35.1 Å². The lowest BCUT2D eigenvalue weighted by molar-refractivity contribution is -0.275. The van der Waals surface area contributed by atoms with Gasteiger partial charge in [-0.15, -0.1) is 26.3 Å². The monoisotopic (exact) mass is 1150 g/mol. The molecule has 0 unspecified atom stereocenters. The number of hydrogen-bond acceptors (Lipinski definition) is 14. The third kappa shape index (κ3) is 21.0. The van der Waals surface area contributed by atoms with Crippen LogP contribution >= 0.6 is 0 Å². The molecular weight excluding hydrogens is 1080 g/mol. The zero-order valence-corrected chi connectivity index (χ0v) is 47.2. The molecule has 0 aliphatic carbocycles. The van der Waals surface area contributed by atoms with Crippen LogP contribution in [-0.4, -0.2) is 168 Å². The van der Waals surface area contributed by atoms with Gasteiger partial charge < -0.3 is 48.0 Å². The summed E-state index contributed by atoms with van der Waals surface area (Å²) in [4.78, 5) is 118. The van der Waals surface area contributed by atoms with Crippen LogP contribution in [0.3, 0.4) is 0 Å². The molecule has 8 atom stereocenters. The molecule has 0 saturated carbocycles. The van der Waals surface area contributed by atoms with E-state index in [0.29, 0.717) is 9.80 Å².